The number of unbranched alkanes of at least 4 members (excludes halogenated alkanes) is 27. The summed E-state index contributed by atoms with van der Waals surface area (Å²) >= 11 is 0. The maximum Gasteiger partial charge on any atom is 0.306 e. The SMILES string of the molecule is CC/C=C\C/C=C\C/C=C\C/C=C\C/C=C\C/C=C\C/C=C\C/C=C\C/C=C\C/C=C\CCCCCCC(=O)OCC(COC(=O)CCCCCCCCCCCC)OC(=O)CCCCCCCCCCCCCCCCC. The van der Waals surface area contributed by atoms with Crippen LogP contribution in [0.4, 0.5) is 0 Å². The molecule has 0 aromatic rings. The molecule has 444 valence electrons. The Bertz CT molecular complexity index is 1620. The maximum absolute atomic E-state index is 12.9. The summed E-state index contributed by atoms with van der Waals surface area (Å²) < 4.78 is 16.9. The van der Waals surface area contributed by atoms with Crippen LogP contribution in [0.25, 0.3) is 0 Å². The summed E-state index contributed by atoms with van der Waals surface area (Å²) in [5.74, 6) is -0.904. The molecule has 0 saturated carbocycles. The molecule has 1 unspecified atom stereocenters. The van der Waals surface area contributed by atoms with Crippen molar-refractivity contribution in [2.75, 3.05) is 13.2 Å². The quantitative estimate of drug-likeness (QED) is 0.0261. The van der Waals surface area contributed by atoms with E-state index in [1.54, 1.807) is 0 Å². The van der Waals surface area contributed by atoms with Gasteiger partial charge in [-0.3, -0.25) is 14.4 Å². The molecule has 0 heterocycles. The Balaban J connectivity index is 4.25. The fourth-order valence-electron chi connectivity index (χ4n) is 8.88. The number of allylic oxidation sites excluding steroid dienone is 20. The van der Waals surface area contributed by atoms with Gasteiger partial charge in [0.2, 0.25) is 0 Å². The Labute approximate surface area is 482 Å². The Kier molecular flexibility index (Phi) is 61.8. The molecule has 0 aromatic heterocycles. The third kappa shape index (κ3) is 62.7. The summed E-state index contributed by atoms with van der Waals surface area (Å²) in [6.07, 6.45) is 90.7. The van der Waals surface area contributed by atoms with Gasteiger partial charge in [-0.1, -0.05) is 303 Å². The van der Waals surface area contributed by atoms with Crippen LogP contribution in [0.2, 0.25) is 0 Å². The van der Waals surface area contributed by atoms with Gasteiger partial charge in [-0.05, 0) is 96.3 Å². The number of hydrogen-bond acceptors (Lipinski definition) is 6. The van der Waals surface area contributed by atoms with Crippen LogP contribution in [0.3, 0.4) is 0 Å². The number of hydrogen-bond donors (Lipinski definition) is 0. The Hall–Kier alpha value is -4.19. The molecule has 78 heavy (non-hydrogen) atoms. The first kappa shape index (κ1) is 73.8. The van der Waals surface area contributed by atoms with E-state index in [0.717, 1.165) is 135 Å². The molecule has 0 aliphatic carbocycles. The summed E-state index contributed by atoms with van der Waals surface area (Å²) in [5, 5.41) is 0. The molecule has 0 rings (SSSR count). The molecule has 0 amide bonds. The lowest BCUT2D eigenvalue weighted by atomic mass is 10.0. The van der Waals surface area contributed by atoms with E-state index in [1.807, 2.05) is 0 Å². The first-order valence-electron chi connectivity index (χ1n) is 32.5. The summed E-state index contributed by atoms with van der Waals surface area (Å²) in [5.41, 5.74) is 0. The van der Waals surface area contributed by atoms with Gasteiger partial charge >= 0.3 is 17.9 Å². The highest BCUT2D eigenvalue weighted by molar-refractivity contribution is 5.71. The Morgan fingerprint density at radius 2 is 0.500 bits per heavy atom. The second-order valence-electron chi connectivity index (χ2n) is 21.3. The van der Waals surface area contributed by atoms with Crippen molar-refractivity contribution in [2.45, 2.75) is 303 Å². The van der Waals surface area contributed by atoms with Crippen molar-refractivity contribution < 1.29 is 28.6 Å². The van der Waals surface area contributed by atoms with Crippen molar-refractivity contribution in [3.05, 3.63) is 122 Å². The first-order chi connectivity index (χ1) is 38.5. The molecule has 0 N–H and O–H groups in total. The van der Waals surface area contributed by atoms with E-state index in [4.69, 9.17) is 14.2 Å². The van der Waals surface area contributed by atoms with Crippen molar-refractivity contribution in [1.82, 2.24) is 0 Å². The van der Waals surface area contributed by atoms with E-state index in [2.05, 4.69) is 142 Å². The highest BCUT2D eigenvalue weighted by Crippen LogP contribution is 2.16. The molecule has 0 bridgehead atoms. The van der Waals surface area contributed by atoms with Gasteiger partial charge in [0.25, 0.3) is 0 Å². The van der Waals surface area contributed by atoms with Crippen molar-refractivity contribution >= 4 is 17.9 Å². The van der Waals surface area contributed by atoms with Gasteiger partial charge in [0.05, 0.1) is 0 Å². The number of carbonyl (C=O) groups excluding carboxylic acids is 3. The summed E-state index contributed by atoms with van der Waals surface area (Å²) in [4.78, 5) is 38.2. The molecule has 1 atom stereocenters. The Morgan fingerprint density at radius 3 is 0.782 bits per heavy atom. The average Bonchev–Trinajstić information content (AvgIpc) is 3.44. The van der Waals surface area contributed by atoms with Gasteiger partial charge in [0, 0.05) is 19.3 Å². The molecule has 0 aliphatic heterocycles. The average molecular weight is 1080 g/mol. The van der Waals surface area contributed by atoms with Crippen LogP contribution in [0.5, 0.6) is 0 Å². The smallest absolute Gasteiger partial charge is 0.306 e. The number of carbonyl (C=O) groups is 3. The third-order valence-corrected chi connectivity index (χ3v) is 13.7. The van der Waals surface area contributed by atoms with E-state index < -0.39 is 6.10 Å². The second-order valence-corrected chi connectivity index (χ2v) is 21.3. The summed E-state index contributed by atoms with van der Waals surface area (Å²) in [6.45, 7) is 6.51. The van der Waals surface area contributed by atoms with E-state index in [9.17, 15) is 14.4 Å². The zero-order valence-corrected chi connectivity index (χ0v) is 50.9. The van der Waals surface area contributed by atoms with Crippen LogP contribution in [-0.4, -0.2) is 37.2 Å². The van der Waals surface area contributed by atoms with Crippen molar-refractivity contribution in [3.8, 4) is 0 Å². The molecule has 0 saturated heterocycles. The monoisotopic (exact) mass is 1080 g/mol. The zero-order valence-electron chi connectivity index (χ0n) is 50.9. The molecule has 0 radical (unpaired) electrons. The molecule has 6 nitrogen and oxygen atoms in total. The lowest BCUT2D eigenvalue weighted by Gasteiger charge is -2.18. The van der Waals surface area contributed by atoms with Crippen molar-refractivity contribution in [3.63, 3.8) is 0 Å². The van der Waals surface area contributed by atoms with Crippen LogP contribution in [-0.2, 0) is 28.6 Å². The summed E-state index contributed by atoms with van der Waals surface area (Å²) in [6, 6.07) is 0. The normalized spacial score (nSPS) is 12.9. The molecule has 0 fully saturated rings. The van der Waals surface area contributed by atoms with Crippen molar-refractivity contribution in [2.24, 2.45) is 0 Å². The third-order valence-electron chi connectivity index (χ3n) is 13.7. The minimum Gasteiger partial charge on any atom is -0.462 e. The largest absolute Gasteiger partial charge is 0.462 e. The standard InChI is InChI=1S/C72H120O6/c1-4-7-10-13-16-19-22-24-26-27-28-29-30-31-32-33-34-35-36-37-38-39-40-41-42-43-44-45-47-48-50-53-56-59-62-65-71(74)77-68-69(67-76-70(73)64-61-58-55-52-21-18-15-12-9-6-3)78-72(75)66-63-60-57-54-51-49-46-25-23-20-17-14-11-8-5-2/h7,10,16,19,24,26,28-29,31-32,34-35,37-38,40-41,43-44,47-48,69H,4-6,8-9,11-15,17-18,20-23,25,27,30,33,36,39,42,45-46,49-68H2,1-3H3/b10-7-,19-16-,26-24-,29-28-,32-31-,35-34-,38-37-,41-40-,44-43-,48-47-. The van der Waals surface area contributed by atoms with E-state index in [-0.39, 0.29) is 31.1 Å². The Morgan fingerprint density at radius 1 is 0.269 bits per heavy atom. The van der Waals surface area contributed by atoms with Crippen LogP contribution in [0.15, 0.2) is 122 Å². The fraction of sp³-hybridized carbons (Fsp3) is 0.681. The van der Waals surface area contributed by atoms with Crippen molar-refractivity contribution in [1.29, 1.82) is 0 Å². The van der Waals surface area contributed by atoms with Crippen LogP contribution in [0.1, 0.15) is 297 Å². The highest BCUT2D eigenvalue weighted by atomic mass is 16.6. The van der Waals surface area contributed by atoms with Gasteiger partial charge in [0.1, 0.15) is 13.2 Å². The van der Waals surface area contributed by atoms with Crippen LogP contribution < -0.4 is 0 Å². The number of ether oxygens (including phenoxy) is 3. The van der Waals surface area contributed by atoms with E-state index in [0.29, 0.717) is 19.3 Å². The van der Waals surface area contributed by atoms with Gasteiger partial charge in [-0.2, -0.15) is 0 Å². The van der Waals surface area contributed by atoms with Crippen LogP contribution in [0, 0.1) is 0 Å². The molecule has 0 spiro atoms. The topological polar surface area (TPSA) is 78.9 Å². The number of rotatable bonds is 58. The molecule has 0 aliphatic rings. The van der Waals surface area contributed by atoms with Gasteiger partial charge in [-0.25, -0.2) is 0 Å². The van der Waals surface area contributed by atoms with Gasteiger partial charge < -0.3 is 14.2 Å². The maximum atomic E-state index is 12.9. The molecular formula is C72H120O6. The molecule has 0 aromatic carbocycles. The summed E-state index contributed by atoms with van der Waals surface area (Å²) in [7, 11) is 0. The predicted molar refractivity (Wildman–Crippen MR) is 339 cm³/mol. The van der Waals surface area contributed by atoms with Gasteiger partial charge in [-0.15, -0.1) is 0 Å². The molecule has 6 heteroatoms. The van der Waals surface area contributed by atoms with Crippen LogP contribution >= 0.6 is 0 Å². The van der Waals surface area contributed by atoms with Gasteiger partial charge in [0.15, 0.2) is 6.10 Å². The fourth-order valence-corrected chi connectivity index (χ4v) is 8.88. The zero-order chi connectivity index (χ0) is 56.4. The lowest BCUT2D eigenvalue weighted by molar-refractivity contribution is -0.167. The lowest BCUT2D eigenvalue weighted by Crippen LogP contribution is -2.30. The second kappa shape index (κ2) is 65.3. The minimum absolute atomic E-state index is 0.0834. The number of esters is 3. The minimum atomic E-state index is -0.787. The molecular weight excluding hydrogens is 961 g/mol. The predicted octanol–water partition coefficient (Wildman–Crippen LogP) is 22.4. The van der Waals surface area contributed by atoms with E-state index >= 15 is 0 Å². The highest BCUT2D eigenvalue weighted by Gasteiger charge is 2.19. The first-order valence-corrected chi connectivity index (χ1v) is 32.5. The van der Waals surface area contributed by atoms with E-state index in [1.165, 1.54) is 122 Å².